The molecule has 0 aliphatic carbocycles. The highest BCUT2D eigenvalue weighted by atomic mass is 16.5. The molecule has 0 unspecified atom stereocenters. The van der Waals surface area contributed by atoms with Crippen molar-refractivity contribution in [2.45, 2.75) is 33.2 Å². The van der Waals surface area contributed by atoms with Gasteiger partial charge in [0, 0.05) is 17.4 Å². The lowest BCUT2D eigenvalue weighted by atomic mass is 10.1. The van der Waals surface area contributed by atoms with Crippen molar-refractivity contribution < 1.29 is 19.4 Å². The molecule has 1 aromatic heterocycles. The Morgan fingerprint density at radius 1 is 1.25 bits per heavy atom. The Morgan fingerprint density at radius 2 is 1.92 bits per heavy atom. The van der Waals surface area contributed by atoms with Crippen LogP contribution in [-0.4, -0.2) is 33.9 Å². The van der Waals surface area contributed by atoms with Crippen LogP contribution in [0.2, 0.25) is 0 Å². The molecule has 0 aliphatic heterocycles. The fourth-order valence-corrected chi connectivity index (χ4v) is 2.45. The molecule has 1 aromatic carbocycles. The number of nitrogens with one attached hydrogen (secondary N) is 1. The van der Waals surface area contributed by atoms with Crippen LogP contribution in [-0.2, 0) is 5.54 Å². The zero-order valence-electron chi connectivity index (χ0n) is 14.4. The SMILES string of the molecule is COc1cc(NC(=O)c2cnn(C(C)(C)C)c2C)ccc1C(=O)O. The van der Waals surface area contributed by atoms with Crippen LogP contribution in [0, 0.1) is 6.92 Å². The van der Waals surface area contributed by atoms with Crippen molar-refractivity contribution >= 4 is 17.6 Å². The summed E-state index contributed by atoms with van der Waals surface area (Å²) in [6.07, 6.45) is 1.53. The van der Waals surface area contributed by atoms with E-state index in [1.54, 1.807) is 4.68 Å². The predicted octanol–water partition coefficient (Wildman–Crippen LogP) is 2.91. The molecule has 2 N–H and O–H groups in total. The molecular weight excluding hydrogens is 310 g/mol. The lowest BCUT2D eigenvalue weighted by molar-refractivity contribution is 0.0693. The highest BCUT2D eigenvalue weighted by molar-refractivity contribution is 6.05. The number of aromatic nitrogens is 2. The van der Waals surface area contributed by atoms with Gasteiger partial charge in [-0.3, -0.25) is 9.48 Å². The summed E-state index contributed by atoms with van der Waals surface area (Å²) < 4.78 is 6.85. The van der Waals surface area contributed by atoms with Gasteiger partial charge in [0.25, 0.3) is 5.91 Å². The molecule has 0 spiro atoms. The number of benzene rings is 1. The van der Waals surface area contributed by atoms with Gasteiger partial charge in [-0.05, 0) is 39.8 Å². The van der Waals surface area contributed by atoms with Crippen molar-refractivity contribution in [1.82, 2.24) is 9.78 Å². The van der Waals surface area contributed by atoms with E-state index in [2.05, 4.69) is 10.4 Å². The number of hydrogen-bond donors (Lipinski definition) is 2. The lowest BCUT2D eigenvalue weighted by Gasteiger charge is -2.21. The number of hydrogen-bond acceptors (Lipinski definition) is 4. The smallest absolute Gasteiger partial charge is 0.339 e. The molecule has 1 heterocycles. The van der Waals surface area contributed by atoms with Crippen molar-refractivity contribution in [2.24, 2.45) is 0 Å². The number of carboxylic acids is 1. The topological polar surface area (TPSA) is 93.5 Å². The van der Waals surface area contributed by atoms with Crippen LogP contribution in [0.3, 0.4) is 0 Å². The van der Waals surface area contributed by atoms with Gasteiger partial charge in [0.2, 0.25) is 0 Å². The van der Waals surface area contributed by atoms with E-state index in [4.69, 9.17) is 9.84 Å². The molecule has 2 aromatic rings. The number of ether oxygens (including phenoxy) is 1. The van der Waals surface area contributed by atoms with Crippen LogP contribution in [0.1, 0.15) is 47.2 Å². The Bertz CT molecular complexity index is 788. The molecule has 0 bridgehead atoms. The highest BCUT2D eigenvalue weighted by Crippen LogP contribution is 2.24. The minimum Gasteiger partial charge on any atom is -0.496 e. The fourth-order valence-electron chi connectivity index (χ4n) is 2.45. The number of carbonyl (C=O) groups excluding carboxylic acids is 1. The van der Waals surface area contributed by atoms with Gasteiger partial charge in [0.1, 0.15) is 11.3 Å². The Kier molecular flexibility index (Phi) is 4.64. The first-order chi connectivity index (χ1) is 11.1. The van der Waals surface area contributed by atoms with Crippen LogP contribution in [0.15, 0.2) is 24.4 Å². The second kappa shape index (κ2) is 6.35. The third kappa shape index (κ3) is 3.40. The third-order valence-electron chi connectivity index (χ3n) is 3.58. The first-order valence-corrected chi connectivity index (χ1v) is 7.43. The molecule has 1 amide bonds. The van der Waals surface area contributed by atoms with Gasteiger partial charge >= 0.3 is 5.97 Å². The van der Waals surface area contributed by atoms with E-state index in [9.17, 15) is 9.59 Å². The monoisotopic (exact) mass is 331 g/mol. The standard InChI is InChI=1S/C17H21N3O4/c1-10-13(9-18-20(10)17(2,3)4)15(21)19-11-6-7-12(16(22)23)14(8-11)24-5/h6-9H,1-5H3,(H,19,21)(H,22,23). The van der Waals surface area contributed by atoms with Gasteiger partial charge in [-0.2, -0.15) is 5.10 Å². The summed E-state index contributed by atoms with van der Waals surface area (Å²) >= 11 is 0. The van der Waals surface area contributed by atoms with Crippen molar-refractivity contribution in [3.05, 3.63) is 41.2 Å². The molecular formula is C17H21N3O4. The molecule has 0 saturated carbocycles. The number of rotatable bonds is 4. The first kappa shape index (κ1) is 17.5. The summed E-state index contributed by atoms with van der Waals surface area (Å²) in [5, 5.41) is 16.1. The minimum atomic E-state index is -1.09. The number of nitrogens with zero attached hydrogens (tertiary/aromatic N) is 2. The van der Waals surface area contributed by atoms with E-state index >= 15 is 0 Å². The quantitative estimate of drug-likeness (QED) is 0.898. The molecule has 128 valence electrons. The number of anilines is 1. The maximum atomic E-state index is 12.5. The molecule has 0 fully saturated rings. The van der Waals surface area contributed by atoms with Crippen molar-refractivity contribution in [3.8, 4) is 5.75 Å². The molecule has 7 heteroatoms. The molecule has 7 nitrogen and oxygen atoms in total. The summed E-state index contributed by atoms with van der Waals surface area (Å²) in [5.74, 6) is -1.22. The summed E-state index contributed by atoms with van der Waals surface area (Å²) in [6, 6.07) is 4.39. The summed E-state index contributed by atoms with van der Waals surface area (Å²) in [4.78, 5) is 23.6. The van der Waals surface area contributed by atoms with E-state index in [1.807, 2.05) is 27.7 Å². The van der Waals surface area contributed by atoms with Gasteiger partial charge in [-0.15, -0.1) is 0 Å². The average molecular weight is 331 g/mol. The van der Waals surface area contributed by atoms with Gasteiger partial charge in [0.15, 0.2) is 0 Å². The normalized spacial score (nSPS) is 11.2. The third-order valence-corrected chi connectivity index (χ3v) is 3.58. The van der Waals surface area contributed by atoms with Crippen molar-refractivity contribution in [1.29, 1.82) is 0 Å². The van der Waals surface area contributed by atoms with Gasteiger partial charge < -0.3 is 15.2 Å². The van der Waals surface area contributed by atoms with Crippen LogP contribution in [0.4, 0.5) is 5.69 Å². The van der Waals surface area contributed by atoms with Crippen molar-refractivity contribution in [3.63, 3.8) is 0 Å². The van der Waals surface area contributed by atoms with Gasteiger partial charge in [-0.1, -0.05) is 0 Å². The molecule has 2 rings (SSSR count). The Balaban J connectivity index is 2.28. The second-order valence-corrected chi connectivity index (χ2v) is 6.40. The van der Waals surface area contributed by atoms with Crippen molar-refractivity contribution in [2.75, 3.05) is 12.4 Å². The second-order valence-electron chi connectivity index (χ2n) is 6.40. The van der Waals surface area contributed by atoms with Crippen LogP contribution in [0.5, 0.6) is 5.75 Å². The van der Waals surface area contributed by atoms with E-state index in [-0.39, 0.29) is 22.8 Å². The molecule has 24 heavy (non-hydrogen) atoms. The Labute approximate surface area is 140 Å². The molecule has 0 aliphatic rings. The minimum absolute atomic E-state index is 0.0345. The van der Waals surface area contributed by atoms with E-state index in [0.29, 0.717) is 11.3 Å². The van der Waals surface area contributed by atoms with Gasteiger partial charge in [0.05, 0.1) is 24.4 Å². The lowest BCUT2D eigenvalue weighted by Crippen LogP contribution is -2.25. The molecule has 0 atom stereocenters. The van der Waals surface area contributed by atoms with Gasteiger partial charge in [-0.25, -0.2) is 4.79 Å². The predicted molar refractivity (Wildman–Crippen MR) is 89.9 cm³/mol. The van der Waals surface area contributed by atoms with Crippen LogP contribution >= 0.6 is 0 Å². The average Bonchev–Trinajstić information content (AvgIpc) is 2.88. The van der Waals surface area contributed by atoms with E-state index in [1.165, 1.54) is 31.5 Å². The number of carbonyl (C=O) groups is 2. The maximum absolute atomic E-state index is 12.5. The summed E-state index contributed by atoms with van der Waals surface area (Å²) in [5.41, 5.74) is 1.48. The van der Waals surface area contributed by atoms with E-state index < -0.39 is 5.97 Å². The zero-order chi connectivity index (χ0) is 18.1. The summed E-state index contributed by atoms with van der Waals surface area (Å²) in [6.45, 7) is 7.85. The Morgan fingerprint density at radius 3 is 2.42 bits per heavy atom. The summed E-state index contributed by atoms with van der Waals surface area (Å²) in [7, 11) is 1.38. The van der Waals surface area contributed by atoms with E-state index in [0.717, 1.165) is 5.69 Å². The number of amides is 1. The molecule has 0 radical (unpaired) electrons. The number of carboxylic acid groups (broad SMARTS) is 1. The number of aromatic carboxylic acids is 1. The first-order valence-electron chi connectivity index (χ1n) is 7.43. The van der Waals surface area contributed by atoms with Crippen LogP contribution in [0.25, 0.3) is 0 Å². The largest absolute Gasteiger partial charge is 0.496 e. The Hall–Kier alpha value is -2.83. The zero-order valence-corrected chi connectivity index (χ0v) is 14.4. The highest BCUT2D eigenvalue weighted by Gasteiger charge is 2.22. The van der Waals surface area contributed by atoms with Crippen LogP contribution < -0.4 is 10.1 Å². The number of methoxy groups -OCH3 is 1. The fraction of sp³-hybridized carbons (Fsp3) is 0.353. The maximum Gasteiger partial charge on any atom is 0.339 e. The molecule has 0 saturated heterocycles.